The van der Waals surface area contributed by atoms with E-state index in [1.54, 1.807) is 12.1 Å². The average Bonchev–Trinajstić information content (AvgIpc) is 3.50. The molecular weight excluding hydrogens is 559 g/mol. The average molecular weight is 583 g/mol. The maximum atomic E-state index is 14.4. The molecule has 1 aliphatic heterocycles. The Bertz CT molecular complexity index is 1260. The fraction of sp³-hybridized carbons (Fsp3) is 0.565. The van der Waals surface area contributed by atoms with E-state index in [1.165, 1.54) is 12.1 Å². The summed E-state index contributed by atoms with van der Waals surface area (Å²) < 4.78 is 150. The molecule has 2 aromatic rings. The van der Waals surface area contributed by atoms with Crippen molar-refractivity contribution < 1.29 is 51.6 Å². The molecule has 14 heteroatoms. The van der Waals surface area contributed by atoms with Gasteiger partial charge in [0, 0.05) is 16.4 Å². The van der Waals surface area contributed by atoms with E-state index in [0.717, 1.165) is 36.6 Å². The quantitative estimate of drug-likeness (QED) is 0.310. The van der Waals surface area contributed by atoms with Gasteiger partial charge in [-0.15, -0.1) is 0 Å². The summed E-state index contributed by atoms with van der Waals surface area (Å²) in [7, 11) is -10.2. The Morgan fingerprint density at radius 1 is 0.730 bits per heavy atom. The molecule has 0 amide bonds. The third-order valence-electron chi connectivity index (χ3n) is 6.94. The SMILES string of the molecule is O=S(=O)(OS1(c2ccc3cc(C4CCCC4)ccc3c2)CCCC1)C(F)(F)C(F)(F)C(F)(F)C(F)(F)F. The number of hydrogen-bond donors (Lipinski definition) is 0. The van der Waals surface area contributed by atoms with Crippen LogP contribution in [0, 0.1) is 0 Å². The predicted octanol–water partition coefficient (Wildman–Crippen LogP) is 8.14. The molecule has 1 heterocycles. The monoisotopic (exact) mass is 582 g/mol. The second kappa shape index (κ2) is 9.22. The van der Waals surface area contributed by atoms with Crippen LogP contribution in [0.4, 0.5) is 39.5 Å². The number of hydrogen-bond acceptors (Lipinski definition) is 3. The van der Waals surface area contributed by atoms with Gasteiger partial charge in [0.2, 0.25) is 0 Å². The molecule has 0 radical (unpaired) electrons. The fourth-order valence-corrected chi connectivity index (χ4v) is 10.5. The molecule has 0 N–H and O–H groups in total. The molecule has 1 saturated carbocycles. The van der Waals surface area contributed by atoms with Crippen molar-refractivity contribution in [2.75, 3.05) is 11.5 Å². The van der Waals surface area contributed by atoms with E-state index >= 15 is 0 Å². The van der Waals surface area contributed by atoms with E-state index in [2.05, 4.69) is 3.63 Å². The van der Waals surface area contributed by atoms with Crippen molar-refractivity contribution in [1.82, 2.24) is 0 Å². The maximum Gasteiger partial charge on any atom is 0.460 e. The molecule has 2 aromatic carbocycles. The first-order valence-electron chi connectivity index (χ1n) is 11.4. The highest BCUT2D eigenvalue weighted by Gasteiger charge is 2.86. The molecule has 4 rings (SSSR count). The highest BCUT2D eigenvalue weighted by molar-refractivity contribution is 8.33. The van der Waals surface area contributed by atoms with Crippen molar-refractivity contribution in [3.05, 3.63) is 42.0 Å². The predicted molar refractivity (Wildman–Crippen MR) is 121 cm³/mol. The van der Waals surface area contributed by atoms with E-state index in [4.69, 9.17) is 0 Å². The summed E-state index contributed by atoms with van der Waals surface area (Å²) in [4.78, 5) is 0.0939. The van der Waals surface area contributed by atoms with Crippen molar-refractivity contribution in [2.45, 2.75) is 72.6 Å². The van der Waals surface area contributed by atoms with Gasteiger partial charge in [-0.2, -0.15) is 47.9 Å². The lowest BCUT2D eigenvalue weighted by atomic mass is 9.95. The molecule has 1 saturated heterocycles. The third kappa shape index (κ3) is 4.60. The van der Waals surface area contributed by atoms with E-state index in [0.29, 0.717) is 11.3 Å². The molecule has 1 aliphatic carbocycles. The summed E-state index contributed by atoms with van der Waals surface area (Å²) in [6.45, 7) is 0. The number of fused-ring (bicyclic) bond motifs is 1. The van der Waals surface area contributed by atoms with Gasteiger partial charge >= 0.3 is 33.4 Å². The van der Waals surface area contributed by atoms with Crippen LogP contribution in [-0.2, 0) is 13.7 Å². The molecule has 0 spiro atoms. The van der Waals surface area contributed by atoms with Crippen LogP contribution in [0.25, 0.3) is 10.8 Å². The van der Waals surface area contributed by atoms with Crippen LogP contribution in [0.5, 0.6) is 0 Å². The largest absolute Gasteiger partial charge is 0.460 e. The number of rotatable bonds is 7. The maximum absolute atomic E-state index is 14.4. The Balaban J connectivity index is 1.70. The van der Waals surface area contributed by atoms with Crippen LogP contribution >= 0.6 is 10.3 Å². The lowest BCUT2D eigenvalue weighted by molar-refractivity contribution is -0.382. The minimum atomic E-state index is -7.34. The molecule has 208 valence electrons. The second-order valence-corrected chi connectivity index (χ2v) is 14.2. The van der Waals surface area contributed by atoms with Gasteiger partial charge in [-0.25, -0.2) is 3.63 Å². The van der Waals surface area contributed by atoms with Crippen LogP contribution in [0.1, 0.15) is 50.0 Å². The first-order valence-corrected chi connectivity index (χ1v) is 14.7. The Labute approximate surface area is 209 Å². The van der Waals surface area contributed by atoms with Gasteiger partial charge in [-0.05, 0) is 60.1 Å². The highest BCUT2D eigenvalue weighted by Crippen LogP contribution is 2.65. The van der Waals surface area contributed by atoms with Crippen molar-refractivity contribution in [2.24, 2.45) is 0 Å². The van der Waals surface area contributed by atoms with Gasteiger partial charge in [0.05, 0.1) is 0 Å². The normalized spacial score (nSPS) is 21.0. The number of benzene rings is 2. The zero-order valence-corrected chi connectivity index (χ0v) is 20.8. The molecule has 37 heavy (non-hydrogen) atoms. The van der Waals surface area contributed by atoms with Crippen molar-refractivity contribution in [3.8, 4) is 0 Å². The van der Waals surface area contributed by atoms with Gasteiger partial charge in [-0.3, -0.25) is 0 Å². The first-order chi connectivity index (χ1) is 17.0. The Morgan fingerprint density at radius 2 is 1.27 bits per heavy atom. The zero-order chi connectivity index (χ0) is 27.5. The molecule has 2 fully saturated rings. The highest BCUT2D eigenvalue weighted by atomic mass is 32.3. The fourth-order valence-electron chi connectivity index (χ4n) is 4.83. The summed E-state index contributed by atoms with van der Waals surface area (Å²) in [5, 5.41) is -5.53. The van der Waals surface area contributed by atoms with E-state index < -0.39 is 43.7 Å². The molecule has 0 bridgehead atoms. The Kier molecular flexibility index (Phi) is 7.06. The molecule has 0 atom stereocenters. The Hall–Kier alpha value is -1.67. The smallest absolute Gasteiger partial charge is 0.211 e. The first kappa shape index (κ1) is 28.3. The van der Waals surface area contributed by atoms with E-state index in [1.807, 2.05) is 12.1 Å². The summed E-state index contributed by atoms with van der Waals surface area (Å²) in [6.07, 6.45) is -2.34. The van der Waals surface area contributed by atoms with Crippen LogP contribution in [0.2, 0.25) is 0 Å². The molecular formula is C23H23F9O3S2. The summed E-state index contributed by atoms with van der Waals surface area (Å²) in [6, 6.07) is 10.0. The minimum Gasteiger partial charge on any atom is -0.211 e. The number of halogens is 9. The van der Waals surface area contributed by atoms with Crippen molar-refractivity contribution in [3.63, 3.8) is 0 Å². The third-order valence-corrected chi connectivity index (χ3v) is 12.6. The zero-order valence-electron chi connectivity index (χ0n) is 19.1. The van der Waals surface area contributed by atoms with Crippen LogP contribution in [-0.4, -0.2) is 43.2 Å². The van der Waals surface area contributed by atoms with E-state index in [9.17, 15) is 47.9 Å². The molecule has 0 aromatic heterocycles. The van der Waals surface area contributed by atoms with E-state index in [-0.39, 0.29) is 29.2 Å². The van der Waals surface area contributed by atoms with Gasteiger partial charge in [0.1, 0.15) is 0 Å². The molecule has 2 aliphatic rings. The topological polar surface area (TPSA) is 43.4 Å². The molecule has 0 unspecified atom stereocenters. The van der Waals surface area contributed by atoms with Crippen molar-refractivity contribution in [1.29, 1.82) is 0 Å². The summed E-state index contributed by atoms with van der Waals surface area (Å²) in [5.74, 6) is -14.6. The van der Waals surface area contributed by atoms with Crippen LogP contribution in [0.3, 0.4) is 0 Å². The van der Waals surface area contributed by atoms with Gasteiger partial charge in [0.15, 0.2) is 0 Å². The standard InChI is InChI=1S/C23H23F9O3S2/c24-20(25,22(28,29)30)21(26,27)23(31,32)37(33,34)35-36(11-3-4-12-36)19-10-9-17-13-16(7-8-18(17)14-19)15-5-1-2-6-15/h7-10,13-15H,1-6,11-12H2. The molecule has 3 nitrogen and oxygen atoms in total. The number of alkyl halides is 9. The minimum absolute atomic E-state index is 0.0939. The Morgan fingerprint density at radius 3 is 1.84 bits per heavy atom. The lowest BCUT2D eigenvalue weighted by Gasteiger charge is -2.38. The second-order valence-electron chi connectivity index (χ2n) is 9.36. The van der Waals surface area contributed by atoms with Gasteiger partial charge in [0.25, 0.3) is 0 Å². The van der Waals surface area contributed by atoms with Gasteiger partial charge < -0.3 is 0 Å². The lowest BCUT2D eigenvalue weighted by Crippen LogP contribution is -2.63. The van der Waals surface area contributed by atoms with Gasteiger partial charge in [-0.1, -0.05) is 47.4 Å². The van der Waals surface area contributed by atoms with Crippen LogP contribution < -0.4 is 0 Å². The summed E-state index contributed by atoms with van der Waals surface area (Å²) >= 11 is 0. The van der Waals surface area contributed by atoms with Crippen LogP contribution in [0.15, 0.2) is 41.3 Å². The van der Waals surface area contributed by atoms with Crippen molar-refractivity contribution >= 4 is 31.2 Å². The summed E-state index contributed by atoms with van der Waals surface area (Å²) in [5.41, 5.74) is 1.10.